The van der Waals surface area contributed by atoms with Crippen molar-refractivity contribution in [3.8, 4) is 16.3 Å². The number of fused-ring (bicyclic) bond motifs is 3. The number of carbonyl (C=O) groups is 1. The molecule has 0 spiro atoms. The van der Waals surface area contributed by atoms with Crippen molar-refractivity contribution in [2.75, 3.05) is 38.2 Å². The van der Waals surface area contributed by atoms with E-state index in [0.717, 1.165) is 17.7 Å². The van der Waals surface area contributed by atoms with Gasteiger partial charge in [0.05, 0.1) is 17.7 Å². The van der Waals surface area contributed by atoms with Gasteiger partial charge in [-0.2, -0.15) is 4.98 Å². The van der Waals surface area contributed by atoms with Crippen molar-refractivity contribution in [1.82, 2.24) is 20.2 Å². The van der Waals surface area contributed by atoms with E-state index >= 15 is 0 Å². The summed E-state index contributed by atoms with van der Waals surface area (Å²) in [4.78, 5) is 24.8. The van der Waals surface area contributed by atoms with Crippen LogP contribution in [0.4, 0.5) is 19.2 Å². The topological polar surface area (TPSA) is 104 Å². The van der Waals surface area contributed by atoms with Gasteiger partial charge in [-0.25, -0.2) is 4.98 Å². The number of hydrogen-bond acceptors (Lipinski definition) is 9. The molecule has 9 nitrogen and oxygen atoms in total. The summed E-state index contributed by atoms with van der Waals surface area (Å²) >= 11 is 1.25. The molecule has 4 heterocycles. The molecule has 13 heteroatoms. The Hall–Kier alpha value is -2.90. The van der Waals surface area contributed by atoms with Gasteiger partial charge in [-0.15, -0.1) is 24.5 Å². The third-order valence-electron chi connectivity index (χ3n) is 5.99. The number of hydrogen-bond donors (Lipinski definition) is 2. The predicted molar refractivity (Wildman–Crippen MR) is 118 cm³/mol. The molecule has 182 valence electrons. The zero-order valence-corrected chi connectivity index (χ0v) is 18.9. The number of oxazole rings is 1. The molecule has 2 aromatic heterocycles. The normalized spacial score (nSPS) is 20.2. The molecule has 2 fully saturated rings. The summed E-state index contributed by atoms with van der Waals surface area (Å²) in [5.41, 5.74) is -0.133. The van der Waals surface area contributed by atoms with Crippen molar-refractivity contribution in [3.63, 3.8) is 0 Å². The molecule has 34 heavy (non-hydrogen) atoms. The average molecular weight is 497 g/mol. The van der Waals surface area contributed by atoms with Crippen LogP contribution in [0.15, 0.2) is 22.1 Å². The molecule has 2 unspecified atom stereocenters. The van der Waals surface area contributed by atoms with Crippen LogP contribution >= 0.6 is 11.3 Å². The van der Waals surface area contributed by atoms with Gasteiger partial charge in [0, 0.05) is 50.3 Å². The van der Waals surface area contributed by atoms with Crippen LogP contribution in [-0.4, -0.2) is 77.6 Å². The van der Waals surface area contributed by atoms with Crippen molar-refractivity contribution < 1.29 is 32.2 Å². The lowest BCUT2D eigenvalue weighted by atomic mass is 10.1. The van der Waals surface area contributed by atoms with E-state index in [1.165, 1.54) is 24.5 Å². The molecule has 5 rings (SSSR count). The molecule has 2 aliphatic heterocycles. The molecule has 2 bridgehead atoms. The number of ether oxygens (including phenoxy) is 1. The van der Waals surface area contributed by atoms with Gasteiger partial charge in [0.1, 0.15) is 5.01 Å². The Morgan fingerprint density at radius 3 is 2.74 bits per heavy atom. The second-order valence-corrected chi connectivity index (χ2v) is 9.25. The van der Waals surface area contributed by atoms with Crippen LogP contribution in [-0.2, 0) is 0 Å². The Bertz CT molecular complexity index is 1190. The zero-order valence-electron chi connectivity index (χ0n) is 18.1. The summed E-state index contributed by atoms with van der Waals surface area (Å²) in [7, 11) is 1.38. The Morgan fingerprint density at radius 2 is 2.12 bits per heavy atom. The molecular formula is C21H22F3N5O4S. The van der Waals surface area contributed by atoms with Crippen molar-refractivity contribution >= 4 is 34.4 Å². The van der Waals surface area contributed by atoms with Crippen LogP contribution in [0.5, 0.6) is 5.75 Å². The minimum Gasteiger partial charge on any atom is -0.422 e. The molecule has 2 saturated heterocycles. The van der Waals surface area contributed by atoms with E-state index in [2.05, 4.69) is 20.0 Å². The third-order valence-corrected chi connectivity index (χ3v) is 6.80. The van der Waals surface area contributed by atoms with Crippen LogP contribution < -0.4 is 15.0 Å². The molecular weight excluding hydrogens is 475 g/mol. The molecule has 1 aromatic carbocycles. The Balaban J connectivity index is 1.70. The summed E-state index contributed by atoms with van der Waals surface area (Å²) in [5, 5.41) is 14.9. The first kappa shape index (κ1) is 22.9. The molecule has 0 radical (unpaired) electrons. The summed E-state index contributed by atoms with van der Waals surface area (Å²) in [6, 6.07) is 1.96. The molecule has 3 aromatic rings. The van der Waals surface area contributed by atoms with Gasteiger partial charge in [-0.3, -0.25) is 4.79 Å². The maximum Gasteiger partial charge on any atom is 0.573 e. The van der Waals surface area contributed by atoms with Crippen molar-refractivity contribution in [3.05, 3.63) is 23.2 Å². The van der Waals surface area contributed by atoms with E-state index in [1.54, 1.807) is 11.6 Å². The van der Waals surface area contributed by atoms with Crippen LogP contribution in [0, 0.1) is 0 Å². The highest BCUT2D eigenvalue weighted by Gasteiger charge is 2.38. The van der Waals surface area contributed by atoms with Gasteiger partial charge in [0.2, 0.25) is 0 Å². The number of benzene rings is 1. The first-order valence-electron chi connectivity index (χ1n) is 10.7. The maximum atomic E-state index is 13.4. The van der Waals surface area contributed by atoms with Gasteiger partial charge < -0.3 is 29.4 Å². The van der Waals surface area contributed by atoms with E-state index in [1.807, 2.05) is 4.90 Å². The lowest BCUT2D eigenvalue weighted by molar-refractivity contribution is -0.274. The highest BCUT2D eigenvalue weighted by molar-refractivity contribution is 7.13. The largest absolute Gasteiger partial charge is 0.573 e. The number of aliphatic hydroxyl groups is 1. The molecule has 2 N–H and O–H groups in total. The molecule has 0 saturated carbocycles. The van der Waals surface area contributed by atoms with E-state index in [4.69, 9.17) is 4.42 Å². The number of rotatable bonds is 6. The van der Waals surface area contributed by atoms with E-state index in [9.17, 15) is 23.1 Å². The highest BCUT2D eigenvalue weighted by Crippen LogP contribution is 2.43. The van der Waals surface area contributed by atoms with E-state index in [-0.39, 0.29) is 47.9 Å². The van der Waals surface area contributed by atoms with Crippen molar-refractivity contribution in [2.45, 2.75) is 31.3 Å². The second-order valence-electron chi connectivity index (χ2n) is 8.35. The summed E-state index contributed by atoms with van der Waals surface area (Å²) in [6.07, 6.45) is -1.50. The third kappa shape index (κ3) is 4.30. The van der Waals surface area contributed by atoms with Crippen molar-refractivity contribution in [2.24, 2.45) is 0 Å². The van der Waals surface area contributed by atoms with Gasteiger partial charge in [-0.05, 0) is 18.9 Å². The second kappa shape index (κ2) is 8.71. The number of nitrogens with one attached hydrogen (secondary N) is 1. The Kier molecular flexibility index (Phi) is 5.86. The fourth-order valence-electron chi connectivity index (χ4n) is 4.49. The van der Waals surface area contributed by atoms with Crippen LogP contribution in [0.25, 0.3) is 21.7 Å². The number of halogens is 3. The van der Waals surface area contributed by atoms with Crippen molar-refractivity contribution in [1.29, 1.82) is 0 Å². The number of amides is 1. The fraction of sp³-hybridized carbons (Fsp3) is 0.476. The molecule has 2 atom stereocenters. The van der Waals surface area contributed by atoms with Crippen LogP contribution in [0.1, 0.15) is 23.2 Å². The number of likely N-dealkylation sites (N-methyl/N-ethyl adjacent to an activating group) is 1. The molecule has 1 amide bonds. The van der Waals surface area contributed by atoms with E-state index in [0.29, 0.717) is 23.7 Å². The molecule has 0 aliphatic carbocycles. The average Bonchev–Trinajstić information content (AvgIpc) is 3.53. The number of thiazole rings is 1. The van der Waals surface area contributed by atoms with Gasteiger partial charge in [-0.1, -0.05) is 0 Å². The first-order valence-corrected chi connectivity index (χ1v) is 11.6. The highest BCUT2D eigenvalue weighted by atomic mass is 32.1. The minimum atomic E-state index is -5.06. The Labute approximate surface area is 196 Å². The van der Waals surface area contributed by atoms with Crippen LogP contribution in [0.3, 0.4) is 0 Å². The van der Waals surface area contributed by atoms with Gasteiger partial charge >= 0.3 is 6.36 Å². The van der Waals surface area contributed by atoms with Crippen LogP contribution in [0.2, 0.25) is 0 Å². The number of piperazine rings is 1. The predicted octanol–water partition coefficient (Wildman–Crippen LogP) is 2.85. The number of alkyl halides is 3. The lowest BCUT2D eigenvalue weighted by Crippen LogP contribution is -2.51. The first-order chi connectivity index (χ1) is 16.2. The number of nitrogens with zero attached hydrogens (tertiary/aromatic N) is 4. The summed E-state index contributed by atoms with van der Waals surface area (Å²) in [5.74, 6) is -1.48. The SMILES string of the molecule is CN(CCO)C(=O)c1cc(-c2nccs2)c2oc(N3CC4CCC(C3)N4)nc2c1OC(F)(F)F. The fourth-order valence-corrected chi connectivity index (χ4v) is 5.14. The quantitative estimate of drug-likeness (QED) is 0.536. The number of anilines is 1. The summed E-state index contributed by atoms with van der Waals surface area (Å²) in [6.45, 7) is 0.800. The van der Waals surface area contributed by atoms with E-state index < -0.39 is 18.0 Å². The maximum absolute atomic E-state index is 13.4. The number of aromatic nitrogens is 2. The lowest BCUT2D eigenvalue weighted by Gasteiger charge is -2.31. The van der Waals surface area contributed by atoms with Gasteiger partial charge in [0.15, 0.2) is 16.8 Å². The summed E-state index contributed by atoms with van der Waals surface area (Å²) < 4.78 is 50.7. The number of carbonyl (C=O) groups excluding carboxylic acids is 1. The van der Waals surface area contributed by atoms with Gasteiger partial charge in [0.25, 0.3) is 11.9 Å². The Morgan fingerprint density at radius 1 is 1.38 bits per heavy atom. The molecule has 2 aliphatic rings. The standard InChI is InChI=1S/C21H22F3N5O4S/c1-28(5-6-30)19(31)14-8-13(18-25-4-7-34-18)16-15(17(14)33-21(22,23)24)27-20(32-16)29-9-11-2-3-12(10-29)26-11/h4,7-8,11-12,26,30H,2-3,5-6,9-10H2,1H3. The zero-order chi connectivity index (χ0) is 24.0. The number of aliphatic hydroxyl groups excluding tert-OH is 1. The smallest absolute Gasteiger partial charge is 0.422 e. The monoisotopic (exact) mass is 497 g/mol. The minimum absolute atomic E-state index is 0.0661.